The lowest BCUT2D eigenvalue weighted by atomic mass is 10.1. The number of halogens is 6. The number of nitrogens with one attached hydrogen (secondary N) is 2. The largest absolute Gasteiger partial charge is 0.439 e. The van der Waals surface area contributed by atoms with E-state index in [2.05, 4.69) is 4.98 Å². The molecule has 0 aromatic carbocycles. The standard InChI is InChI=1S/C11H11F6N3O/c1-6-4-3-5-8(18-6)20-9(10(12,13)14,11(15,16)17)19-7(2)21/h3-5H,1-2H3,(H,18,20)(H,19,21). The van der Waals surface area contributed by atoms with E-state index in [9.17, 15) is 31.1 Å². The summed E-state index contributed by atoms with van der Waals surface area (Å²) in [5, 5.41) is 2.15. The average Bonchev–Trinajstić information content (AvgIpc) is 2.24. The summed E-state index contributed by atoms with van der Waals surface area (Å²) in [6, 6.07) is 3.56. The molecule has 10 heteroatoms. The highest BCUT2D eigenvalue weighted by Gasteiger charge is 2.72. The van der Waals surface area contributed by atoms with Crippen molar-refractivity contribution < 1.29 is 31.1 Å². The minimum absolute atomic E-state index is 0.209. The van der Waals surface area contributed by atoms with Crippen LogP contribution in [0.4, 0.5) is 32.2 Å². The zero-order valence-corrected chi connectivity index (χ0v) is 10.9. The molecule has 1 rings (SSSR count). The fraction of sp³-hybridized carbons (Fsp3) is 0.455. The van der Waals surface area contributed by atoms with Gasteiger partial charge in [-0.3, -0.25) is 4.79 Å². The van der Waals surface area contributed by atoms with Crippen molar-refractivity contribution in [3.63, 3.8) is 0 Å². The van der Waals surface area contributed by atoms with E-state index < -0.39 is 29.7 Å². The molecule has 1 aromatic heterocycles. The van der Waals surface area contributed by atoms with E-state index in [4.69, 9.17) is 0 Å². The number of carbonyl (C=O) groups is 1. The molecule has 0 saturated carbocycles. The highest BCUT2D eigenvalue weighted by Crippen LogP contribution is 2.43. The maximum Gasteiger partial charge on any atom is 0.439 e. The molecule has 0 atom stereocenters. The monoisotopic (exact) mass is 315 g/mol. The number of amides is 1. The first-order valence-corrected chi connectivity index (χ1v) is 5.53. The number of aryl methyl sites for hydroxylation is 1. The van der Waals surface area contributed by atoms with E-state index in [0.29, 0.717) is 6.92 Å². The molecular formula is C11H11F6N3O. The second-order valence-electron chi connectivity index (χ2n) is 4.22. The fourth-order valence-corrected chi connectivity index (χ4v) is 1.54. The minimum Gasteiger partial charge on any atom is -0.332 e. The molecule has 0 fully saturated rings. The number of alkyl halides is 6. The summed E-state index contributed by atoms with van der Waals surface area (Å²) in [7, 11) is 0. The highest BCUT2D eigenvalue weighted by molar-refractivity contribution is 5.74. The molecular weight excluding hydrogens is 304 g/mol. The van der Waals surface area contributed by atoms with Crippen LogP contribution >= 0.6 is 0 Å². The first kappa shape index (κ1) is 17.1. The van der Waals surface area contributed by atoms with Crippen LogP contribution in [-0.4, -0.2) is 28.9 Å². The Morgan fingerprint density at radius 1 is 1.10 bits per heavy atom. The van der Waals surface area contributed by atoms with Crippen LogP contribution in [-0.2, 0) is 4.79 Å². The van der Waals surface area contributed by atoms with Crippen molar-refractivity contribution in [2.75, 3.05) is 5.32 Å². The third kappa shape index (κ3) is 3.56. The average molecular weight is 315 g/mol. The van der Waals surface area contributed by atoms with Crippen molar-refractivity contribution in [1.29, 1.82) is 0 Å². The van der Waals surface area contributed by atoms with Crippen molar-refractivity contribution in [3.05, 3.63) is 23.9 Å². The van der Waals surface area contributed by atoms with Crippen molar-refractivity contribution in [1.82, 2.24) is 10.3 Å². The Balaban J connectivity index is 3.39. The number of anilines is 1. The molecule has 21 heavy (non-hydrogen) atoms. The van der Waals surface area contributed by atoms with E-state index >= 15 is 0 Å². The summed E-state index contributed by atoms with van der Waals surface area (Å²) < 4.78 is 78.0. The number of aromatic nitrogens is 1. The second-order valence-corrected chi connectivity index (χ2v) is 4.22. The molecule has 0 unspecified atom stereocenters. The normalized spacial score (nSPS) is 13.0. The topological polar surface area (TPSA) is 54.0 Å². The van der Waals surface area contributed by atoms with Gasteiger partial charge in [-0.05, 0) is 19.1 Å². The lowest BCUT2D eigenvalue weighted by Gasteiger charge is -2.38. The van der Waals surface area contributed by atoms with Crippen LogP contribution in [0.2, 0.25) is 0 Å². The van der Waals surface area contributed by atoms with Gasteiger partial charge in [0.15, 0.2) is 0 Å². The summed E-state index contributed by atoms with van der Waals surface area (Å²) in [5.41, 5.74) is -4.41. The number of carbonyl (C=O) groups excluding carboxylic acids is 1. The summed E-state index contributed by atoms with van der Waals surface area (Å²) in [6.07, 6.45) is -11.7. The molecule has 1 heterocycles. The molecule has 0 aliphatic rings. The van der Waals surface area contributed by atoms with Crippen molar-refractivity contribution in [3.8, 4) is 0 Å². The molecule has 0 saturated heterocycles. The fourth-order valence-electron chi connectivity index (χ4n) is 1.54. The first-order valence-electron chi connectivity index (χ1n) is 5.53. The van der Waals surface area contributed by atoms with Gasteiger partial charge in [0, 0.05) is 12.6 Å². The summed E-state index contributed by atoms with van der Waals surface area (Å²) in [4.78, 5) is 14.4. The van der Waals surface area contributed by atoms with Crippen molar-refractivity contribution >= 4 is 11.7 Å². The van der Waals surface area contributed by atoms with Crippen LogP contribution in [0.15, 0.2) is 18.2 Å². The quantitative estimate of drug-likeness (QED) is 0.666. The summed E-state index contributed by atoms with van der Waals surface area (Å²) in [6.45, 7) is 1.95. The van der Waals surface area contributed by atoms with Gasteiger partial charge in [-0.25, -0.2) is 4.98 Å². The zero-order chi connectivity index (χ0) is 16.5. The van der Waals surface area contributed by atoms with E-state index in [1.54, 1.807) is 0 Å². The van der Waals surface area contributed by atoms with Crippen LogP contribution in [0.1, 0.15) is 12.6 Å². The zero-order valence-electron chi connectivity index (χ0n) is 10.9. The molecule has 4 nitrogen and oxygen atoms in total. The number of nitrogens with zero attached hydrogens (tertiary/aromatic N) is 1. The Hall–Kier alpha value is -2.00. The van der Waals surface area contributed by atoms with Gasteiger partial charge in [0.2, 0.25) is 5.91 Å². The maximum absolute atomic E-state index is 13.0. The molecule has 0 spiro atoms. The van der Waals surface area contributed by atoms with Gasteiger partial charge in [0.25, 0.3) is 0 Å². The molecule has 118 valence electrons. The molecule has 0 aliphatic carbocycles. The smallest absolute Gasteiger partial charge is 0.332 e. The van der Waals surface area contributed by atoms with E-state index in [1.807, 2.05) is 0 Å². The minimum atomic E-state index is -5.83. The van der Waals surface area contributed by atoms with Crippen molar-refractivity contribution in [2.24, 2.45) is 0 Å². The maximum atomic E-state index is 13.0. The van der Waals surface area contributed by atoms with Crippen LogP contribution in [0, 0.1) is 6.92 Å². The number of hydrogen-bond donors (Lipinski definition) is 2. The lowest BCUT2D eigenvalue weighted by Crippen LogP contribution is -2.72. The Morgan fingerprint density at radius 2 is 1.62 bits per heavy atom. The lowest BCUT2D eigenvalue weighted by molar-refractivity contribution is -0.295. The molecule has 0 aliphatic heterocycles. The number of rotatable bonds is 3. The van der Waals surface area contributed by atoms with E-state index in [1.165, 1.54) is 24.4 Å². The second kappa shape index (κ2) is 5.41. The number of pyridine rings is 1. The van der Waals surface area contributed by atoms with E-state index in [-0.39, 0.29) is 5.69 Å². The van der Waals surface area contributed by atoms with Gasteiger partial charge >= 0.3 is 18.0 Å². The molecule has 0 bridgehead atoms. The van der Waals surface area contributed by atoms with Gasteiger partial charge in [0.1, 0.15) is 5.82 Å². The van der Waals surface area contributed by atoms with Crippen LogP contribution in [0.5, 0.6) is 0 Å². The van der Waals surface area contributed by atoms with Crippen LogP contribution in [0.3, 0.4) is 0 Å². The molecule has 1 amide bonds. The molecule has 2 N–H and O–H groups in total. The third-order valence-electron chi connectivity index (χ3n) is 2.42. The van der Waals surface area contributed by atoms with Gasteiger partial charge in [-0.2, -0.15) is 26.3 Å². The Morgan fingerprint density at radius 3 is 2.00 bits per heavy atom. The van der Waals surface area contributed by atoms with E-state index in [0.717, 1.165) is 11.4 Å². The Kier molecular flexibility index (Phi) is 4.40. The molecule has 0 radical (unpaired) electrons. The first-order chi connectivity index (χ1) is 9.39. The number of hydrogen-bond acceptors (Lipinski definition) is 3. The van der Waals surface area contributed by atoms with Crippen molar-refractivity contribution in [2.45, 2.75) is 31.9 Å². The summed E-state index contributed by atoms with van der Waals surface area (Å²) >= 11 is 0. The Bertz CT molecular complexity index is 511. The van der Waals surface area contributed by atoms with Crippen LogP contribution in [0.25, 0.3) is 0 Å². The summed E-state index contributed by atoms with van der Waals surface area (Å²) in [5.74, 6) is -2.16. The van der Waals surface area contributed by atoms with Crippen LogP contribution < -0.4 is 10.6 Å². The third-order valence-corrected chi connectivity index (χ3v) is 2.42. The highest BCUT2D eigenvalue weighted by atomic mass is 19.4. The SMILES string of the molecule is CC(=O)NC(Nc1cccc(C)n1)(C(F)(F)F)C(F)(F)F. The van der Waals surface area contributed by atoms with Gasteiger partial charge < -0.3 is 10.6 Å². The predicted molar refractivity (Wildman–Crippen MR) is 61.3 cm³/mol. The Labute approximate surface area is 115 Å². The van der Waals surface area contributed by atoms with Gasteiger partial charge in [-0.1, -0.05) is 6.07 Å². The predicted octanol–water partition coefficient (Wildman–Crippen LogP) is 2.76. The molecule has 1 aromatic rings. The van der Waals surface area contributed by atoms with Gasteiger partial charge in [-0.15, -0.1) is 0 Å². The van der Waals surface area contributed by atoms with Gasteiger partial charge in [0.05, 0.1) is 0 Å².